The largest absolute Gasteiger partial charge is 0.377 e. The first-order valence-corrected chi connectivity index (χ1v) is 11.3. The summed E-state index contributed by atoms with van der Waals surface area (Å²) in [4.78, 5) is 4.10. The van der Waals surface area contributed by atoms with Crippen LogP contribution in [0.2, 0.25) is 0 Å². The summed E-state index contributed by atoms with van der Waals surface area (Å²) in [5, 5.41) is 6.12. The molecular weight excluding hydrogens is 383 g/mol. The molecule has 1 aliphatic heterocycles. The van der Waals surface area contributed by atoms with Gasteiger partial charge in [-0.2, -0.15) is 0 Å². The Balaban J connectivity index is 1.77. The quantitative estimate of drug-likeness (QED) is 0.446. The number of halogens is 1. The van der Waals surface area contributed by atoms with Gasteiger partial charge in [-0.3, -0.25) is 4.99 Å². The van der Waals surface area contributed by atoms with Crippen molar-refractivity contribution in [2.45, 2.75) is 45.3 Å². The summed E-state index contributed by atoms with van der Waals surface area (Å²) in [5.41, 5.74) is 1.38. The molecule has 0 amide bonds. The van der Waals surface area contributed by atoms with Crippen molar-refractivity contribution in [3.05, 3.63) is 35.1 Å². The molecule has 1 aromatic carbocycles. The van der Waals surface area contributed by atoms with Crippen molar-refractivity contribution in [1.82, 2.24) is 15.4 Å². The average Bonchev–Trinajstić information content (AvgIpc) is 2.68. The lowest BCUT2D eigenvalue weighted by molar-refractivity contribution is 0.0200. The van der Waals surface area contributed by atoms with Crippen LogP contribution in [0.4, 0.5) is 4.39 Å². The first-order chi connectivity index (χ1) is 13.3. The van der Waals surface area contributed by atoms with Crippen LogP contribution in [0.5, 0.6) is 0 Å². The van der Waals surface area contributed by atoms with E-state index >= 15 is 0 Å². The second-order valence-electron chi connectivity index (χ2n) is 7.03. The number of ether oxygens (including phenoxy) is 1. The minimum Gasteiger partial charge on any atom is -0.377 e. The molecule has 1 fully saturated rings. The molecule has 3 N–H and O–H groups in total. The van der Waals surface area contributed by atoms with Gasteiger partial charge in [0, 0.05) is 26.7 Å². The highest BCUT2D eigenvalue weighted by Crippen LogP contribution is 2.16. The van der Waals surface area contributed by atoms with Crippen LogP contribution in [0, 0.1) is 12.7 Å². The molecule has 0 aromatic heterocycles. The molecule has 2 unspecified atom stereocenters. The molecule has 1 aliphatic rings. The van der Waals surface area contributed by atoms with Crippen LogP contribution in [0.15, 0.2) is 23.2 Å². The van der Waals surface area contributed by atoms with Crippen molar-refractivity contribution in [2.75, 3.05) is 32.5 Å². The van der Waals surface area contributed by atoms with E-state index in [0.717, 1.165) is 24.8 Å². The molecule has 0 radical (unpaired) electrons. The van der Waals surface area contributed by atoms with Crippen molar-refractivity contribution in [3.63, 3.8) is 0 Å². The molecule has 2 rings (SSSR count). The molecular formula is C19H31FN4O3S. The third-order valence-corrected chi connectivity index (χ3v) is 6.09. The number of hydrogen-bond acceptors (Lipinski definition) is 4. The number of nitrogens with zero attached hydrogens (tertiary/aromatic N) is 1. The average molecular weight is 415 g/mol. The van der Waals surface area contributed by atoms with E-state index in [2.05, 4.69) is 20.3 Å². The number of hydrogen-bond donors (Lipinski definition) is 3. The Labute approximate surface area is 167 Å². The molecule has 0 bridgehead atoms. The Hall–Kier alpha value is -1.71. The van der Waals surface area contributed by atoms with Crippen LogP contribution in [0.25, 0.3) is 0 Å². The highest BCUT2D eigenvalue weighted by molar-refractivity contribution is 7.89. The Kier molecular flexibility index (Phi) is 8.65. The summed E-state index contributed by atoms with van der Waals surface area (Å²) in [5.74, 6) is 0.126. The molecule has 0 saturated carbocycles. The zero-order chi connectivity index (χ0) is 20.6. The summed E-state index contributed by atoms with van der Waals surface area (Å²) in [6.07, 6.45) is 2.95. The van der Waals surface area contributed by atoms with Crippen molar-refractivity contribution >= 4 is 16.0 Å². The summed E-state index contributed by atoms with van der Waals surface area (Å²) in [6.45, 7) is 4.81. The maximum Gasteiger partial charge on any atom is 0.213 e. The Morgan fingerprint density at radius 1 is 1.39 bits per heavy atom. The fourth-order valence-corrected chi connectivity index (χ4v) is 3.88. The molecule has 1 saturated heterocycles. The molecule has 28 heavy (non-hydrogen) atoms. The van der Waals surface area contributed by atoms with E-state index < -0.39 is 10.0 Å². The molecule has 1 heterocycles. The predicted molar refractivity (Wildman–Crippen MR) is 109 cm³/mol. The van der Waals surface area contributed by atoms with Crippen LogP contribution in [-0.4, -0.2) is 53.0 Å². The molecule has 158 valence electrons. The van der Waals surface area contributed by atoms with E-state index in [0.29, 0.717) is 24.7 Å². The first kappa shape index (κ1) is 22.6. The SMILES string of the molecule is CN=C(NCCS(=O)(=O)NCC1CCCCO1)NC(C)c1ccc(C)c(F)c1. The van der Waals surface area contributed by atoms with E-state index in [1.54, 1.807) is 20.0 Å². The molecule has 7 nitrogen and oxygen atoms in total. The van der Waals surface area contributed by atoms with Gasteiger partial charge in [0.05, 0.1) is 17.9 Å². The van der Waals surface area contributed by atoms with Crippen molar-refractivity contribution in [3.8, 4) is 0 Å². The first-order valence-electron chi connectivity index (χ1n) is 9.63. The Bertz CT molecular complexity index is 764. The third kappa shape index (κ3) is 7.37. The highest BCUT2D eigenvalue weighted by Gasteiger charge is 2.18. The Morgan fingerprint density at radius 3 is 2.82 bits per heavy atom. The molecule has 0 spiro atoms. The van der Waals surface area contributed by atoms with Gasteiger partial charge in [-0.05, 0) is 50.3 Å². The number of aliphatic imine (C=N–C) groups is 1. The highest BCUT2D eigenvalue weighted by atomic mass is 32.2. The zero-order valence-corrected chi connectivity index (χ0v) is 17.6. The van der Waals surface area contributed by atoms with Gasteiger partial charge in [0.2, 0.25) is 10.0 Å². The summed E-state index contributed by atoms with van der Waals surface area (Å²) < 4.78 is 46.2. The smallest absolute Gasteiger partial charge is 0.213 e. The maximum atomic E-state index is 13.7. The van der Waals surface area contributed by atoms with E-state index in [-0.39, 0.29) is 30.3 Å². The van der Waals surface area contributed by atoms with Crippen LogP contribution >= 0.6 is 0 Å². The van der Waals surface area contributed by atoms with Gasteiger partial charge in [-0.15, -0.1) is 0 Å². The summed E-state index contributed by atoms with van der Waals surface area (Å²) in [6, 6.07) is 4.89. The van der Waals surface area contributed by atoms with Gasteiger partial charge in [0.25, 0.3) is 0 Å². The lowest BCUT2D eigenvalue weighted by Crippen LogP contribution is -2.43. The van der Waals surface area contributed by atoms with Crippen LogP contribution in [-0.2, 0) is 14.8 Å². The summed E-state index contributed by atoms with van der Waals surface area (Å²) in [7, 11) is -1.80. The van der Waals surface area contributed by atoms with Crippen molar-refractivity contribution in [1.29, 1.82) is 0 Å². The van der Waals surface area contributed by atoms with Gasteiger partial charge in [0.15, 0.2) is 5.96 Å². The fourth-order valence-electron chi connectivity index (χ4n) is 2.93. The standard InChI is InChI=1S/C19H31FN4O3S/c1-14-7-8-16(12-18(14)20)15(2)24-19(21-3)22-9-11-28(25,26)23-13-17-6-4-5-10-27-17/h7-8,12,15,17,23H,4-6,9-11,13H2,1-3H3,(H2,21,22,24). The normalized spacial score (nSPS) is 19.3. The van der Waals surface area contributed by atoms with E-state index in [1.807, 2.05) is 13.0 Å². The number of benzene rings is 1. The van der Waals surface area contributed by atoms with Gasteiger partial charge >= 0.3 is 0 Å². The van der Waals surface area contributed by atoms with Crippen molar-refractivity contribution in [2.24, 2.45) is 4.99 Å². The van der Waals surface area contributed by atoms with Crippen LogP contribution in [0.1, 0.15) is 43.4 Å². The zero-order valence-electron chi connectivity index (χ0n) is 16.8. The number of aryl methyl sites for hydroxylation is 1. The van der Waals surface area contributed by atoms with Crippen LogP contribution < -0.4 is 15.4 Å². The van der Waals surface area contributed by atoms with Crippen molar-refractivity contribution < 1.29 is 17.5 Å². The Morgan fingerprint density at radius 2 is 2.18 bits per heavy atom. The topological polar surface area (TPSA) is 91.8 Å². The summed E-state index contributed by atoms with van der Waals surface area (Å²) >= 11 is 0. The predicted octanol–water partition coefficient (Wildman–Crippen LogP) is 1.85. The minimum absolute atomic E-state index is 0.0401. The molecule has 1 aromatic rings. The lowest BCUT2D eigenvalue weighted by Gasteiger charge is -2.22. The number of nitrogens with one attached hydrogen (secondary N) is 3. The maximum absolute atomic E-state index is 13.7. The van der Waals surface area contributed by atoms with E-state index in [1.165, 1.54) is 6.07 Å². The number of guanidine groups is 1. The second kappa shape index (κ2) is 10.7. The van der Waals surface area contributed by atoms with Crippen LogP contribution in [0.3, 0.4) is 0 Å². The van der Waals surface area contributed by atoms with Gasteiger partial charge < -0.3 is 15.4 Å². The van der Waals surface area contributed by atoms with Gasteiger partial charge in [0.1, 0.15) is 5.82 Å². The lowest BCUT2D eigenvalue weighted by atomic mass is 10.1. The monoisotopic (exact) mass is 414 g/mol. The number of sulfonamides is 1. The number of rotatable bonds is 8. The van der Waals surface area contributed by atoms with Gasteiger partial charge in [-0.1, -0.05) is 12.1 Å². The molecule has 2 atom stereocenters. The van der Waals surface area contributed by atoms with E-state index in [9.17, 15) is 12.8 Å². The minimum atomic E-state index is -3.40. The third-order valence-electron chi connectivity index (χ3n) is 4.74. The van der Waals surface area contributed by atoms with Gasteiger partial charge in [-0.25, -0.2) is 17.5 Å². The fraction of sp³-hybridized carbons (Fsp3) is 0.632. The molecule has 0 aliphatic carbocycles. The molecule has 9 heteroatoms. The van der Waals surface area contributed by atoms with E-state index in [4.69, 9.17) is 4.74 Å². The second-order valence-corrected chi connectivity index (χ2v) is 8.96.